The first kappa shape index (κ1) is 17.5. The number of H-pyrrole nitrogens is 1. The number of hydrogen-bond donors (Lipinski definition) is 2. The van der Waals surface area contributed by atoms with Crippen LogP contribution in [0.15, 0.2) is 36.4 Å². The molecule has 0 unspecified atom stereocenters. The second kappa shape index (κ2) is 5.59. The molecule has 2 nitrogen and oxygen atoms in total. The predicted octanol–water partition coefficient (Wildman–Crippen LogP) is 6.23. The molecule has 0 saturated heterocycles. The molecule has 0 aliphatic heterocycles. The smallest absolute Gasteiger partial charge is 0.416 e. The summed E-state index contributed by atoms with van der Waals surface area (Å²) in [5, 5.41) is 10.4. The molecule has 0 amide bonds. The van der Waals surface area contributed by atoms with Gasteiger partial charge in [-0.15, -0.1) is 0 Å². The van der Waals surface area contributed by atoms with Crippen molar-refractivity contribution in [2.24, 2.45) is 0 Å². The summed E-state index contributed by atoms with van der Waals surface area (Å²) < 4.78 is 78.0. The monoisotopic (exact) mass is 379 g/mol. The molecular formula is C16H8ClF6NO. The highest BCUT2D eigenvalue weighted by Gasteiger charge is 2.37. The zero-order valence-electron chi connectivity index (χ0n) is 12.1. The molecule has 9 heteroatoms. The molecule has 0 spiro atoms. The molecule has 0 saturated carbocycles. The van der Waals surface area contributed by atoms with Gasteiger partial charge in [0, 0.05) is 15.9 Å². The third-order valence-corrected chi connectivity index (χ3v) is 3.85. The van der Waals surface area contributed by atoms with E-state index in [9.17, 15) is 31.4 Å². The highest BCUT2D eigenvalue weighted by molar-refractivity contribution is 6.31. The Kier molecular flexibility index (Phi) is 3.90. The fourth-order valence-electron chi connectivity index (χ4n) is 2.54. The maximum Gasteiger partial charge on any atom is 0.416 e. The van der Waals surface area contributed by atoms with Crippen LogP contribution in [0.25, 0.3) is 22.0 Å². The zero-order valence-corrected chi connectivity index (χ0v) is 12.8. The van der Waals surface area contributed by atoms with Gasteiger partial charge in [-0.05, 0) is 42.0 Å². The van der Waals surface area contributed by atoms with Crippen LogP contribution in [0.3, 0.4) is 0 Å². The van der Waals surface area contributed by atoms with Crippen LogP contribution in [0, 0.1) is 0 Å². The molecule has 3 aromatic rings. The molecule has 0 atom stereocenters. The van der Waals surface area contributed by atoms with E-state index in [4.69, 9.17) is 11.6 Å². The summed E-state index contributed by atoms with van der Waals surface area (Å²) in [6.07, 6.45) is -9.95. The third-order valence-electron chi connectivity index (χ3n) is 3.62. The highest BCUT2D eigenvalue weighted by Crippen LogP contribution is 2.43. The van der Waals surface area contributed by atoms with Crippen molar-refractivity contribution in [3.05, 3.63) is 52.5 Å². The number of hydrogen-bond acceptors (Lipinski definition) is 1. The van der Waals surface area contributed by atoms with Gasteiger partial charge in [-0.1, -0.05) is 11.6 Å². The van der Waals surface area contributed by atoms with Gasteiger partial charge in [0.1, 0.15) is 0 Å². The Hall–Kier alpha value is -2.35. The Bertz CT molecular complexity index is 925. The van der Waals surface area contributed by atoms with Crippen molar-refractivity contribution in [2.75, 3.05) is 0 Å². The molecule has 2 N–H and O–H groups in total. The Morgan fingerprint density at radius 1 is 0.840 bits per heavy atom. The Morgan fingerprint density at radius 2 is 1.40 bits per heavy atom. The van der Waals surface area contributed by atoms with Gasteiger partial charge in [0.05, 0.1) is 16.7 Å². The van der Waals surface area contributed by atoms with Gasteiger partial charge in [-0.2, -0.15) is 26.3 Å². The first-order chi connectivity index (χ1) is 11.5. The first-order valence-corrected chi connectivity index (χ1v) is 7.14. The van der Waals surface area contributed by atoms with Gasteiger partial charge < -0.3 is 10.1 Å². The van der Waals surface area contributed by atoms with Gasteiger partial charge in [-0.3, -0.25) is 0 Å². The van der Waals surface area contributed by atoms with Crippen LogP contribution in [-0.4, -0.2) is 10.1 Å². The van der Waals surface area contributed by atoms with Gasteiger partial charge in [0.25, 0.3) is 0 Å². The molecule has 0 fully saturated rings. The first-order valence-electron chi connectivity index (χ1n) is 6.77. The fourth-order valence-corrected chi connectivity index (χ4v) is 2.71. The summed E-state index contributed by atoms with van der Waals surface area (Å²) in [7, 11) is 0. The minimum absolute atomic E-state index is 0.0301. The molecule has 1 heterocycles. The van der Waals surface area contributed by atoms with Crippen molar-refractivity contribution in [3.63, 3.8) is 0 Å². The predicted molar refractivity (Wildman–Crippen MR) is 80.4 cm³/mol. The van der Waals surface area contributed by atoms with Crippen molar-refractivity contribution >= 4 is 22.5 Å². The highest BCUT2D eigenvalue weighted by atomic mass is 35.5. The summed E-state index contributed by atoms with van der Waals surface area (Å²) >= 11 is 5.84. The lowest BCUT2D eigenvalue weighted by atomic mass is 9.98. The number of aromatic nitrogens is 1. The van der Waals surface area contributed by atoms with E-state index >= 15 is 0 Å². The van der Waals surface area contributed by atoms with Crippen molar-refractivity contribution in [1.82, 2.24) is 4.98 Å². The quantitative estimate of drug-likeness (QED) is 0.483. The van der Waals surface area contributed by atoms with Crippen molar-refractivity contribution in [1.29, 1.82) is 0 Å². The van der Waals surface area contributed by atoms with E-state index in [0.717, 1.165) is 0 Å². The van der Waals surface area contributed by atoms with E-state index < -0.39 is 34.9 Å². The number of aromatic hydroxyl groups is 1. The maximum atomic E-state index is 13.0. The average molecular weight is 380 g/mol. The molecule has 0 aliphatic carbocycles. The van der Waals surface area contributed by atoms with Crippen LogP contribution in [0.1, 0.15) is 11.1 Å². The summed E-state index contributed by atoms with van der Waals surface area (Å²) in [4.78, 5) is 2.50. The van der Waals surface area contributed by atoms with Crippen molar-refractivity contribution in [2.45, 2.75) is 12.4 Å². The van der Waals surface area contributed by atoms with Crippen LogP contribution in [-0.2, 0) is 12.4 Å². The molecule has 1 aromatic heterocycles. The minimum atomic E-state index is -4.98. The van der Waals surface area contributed by atoms with E-state index in [-0.39, 0.29) is 22.0 Å². The topological polar surface area (TPSA) is 36.0 Å². The molecule has 0 bridgehead atoms. The van der Waals surface area contributed by atoms with E-state index in [1.165, 1.54) is 18.2 Å². The van der Waals surface area contributed by atoms with E-state index in [0.29, 0.717) is 17.6 Å². The van der Waals surface area contributed by atoms with Crippen molar-refractivity contribution in [3.8, 4) is 17.0 Å². The lowest BCUT2D eigenvalue weighted by Crippen LogP contribution is -2.11. The van der Waals surface area contributed by atoms with Crippen LogP contribution >= 0.6 is 11.6 Å². The van der Waals surface area contributed by atoms with Gasteiger partial charge in [-0.25, -0.2) is 0 Å². The van der Waals surface area contributed by atoms with E-state index in [1.54, 1.807) is 0 Å². The normalized spacial score (nSPS) is 12.8. The fraction of sp³-hybridized carbons (Fsp3) is 0.125. The van der Waals surface area contributed by atoms with Gasteiger partial charge >= 0.3 is 12.4 Å². The minimum Gasteiger partial charge on any atom is -0.494 e. The molecule has 0 aliphatic rings. The van der Waals surface area contributed by atoms with Gasteiger partial charge in [0.15, 0.2) is 5.88 Å². The SMILES string of the molecule is Oc1[nH]c2ccc(Cl)cc2c1-c1cc(C(F)(F)F)cc(C(F)(F)F)c1. The summed E-state index contributed by atoms with van der Waals surface area (Å²) in [5.74, 6) is -0.551. The summed E-state index contributed by atoms with van der Waals surface area (Å²) in [6.45, 7) is 0. The molecule has 3 rings (SSSR count). The number of nitrogens with one attached hydrogen (secondary N) is 1. The second-order valence-corrected chi connectivity index (χ2v) is 5.77. The Morgan fingerprint density at radius 3 is 1.92 bits per heavy atom. The summed E-state index contributed by atoms with van der Waals surface area (Å²) in [6, 6.07) is 5.41. The standard InChI is InChI=1S/C16H8ClF6NO/c17-10-1-2-12-11(6-10)13(14(25)24-12)7-3-8(15(18,19)20)5-9(4-7)16(21,22)23/h1-6,24-25H. The molecule has 25 heavy (non-hydrogen) atoms. The average Bonchev–Trinajstić information content (AvgIpc) is 2.80. The Balaban J connectivity index is 2.34. The molecule has 0 radical (unpaired) electrons. The Labute approximate surface area is 141 Å². The van der Waals surface area contributed by atoms with Crippen LogP contribution < -0.4 is 0 Å². The van der Waals surface area contributed by atoms with Crippen LogP contribution in [0.5, 0.6) is 5.88 Å². The molecule has 132 valence electrons. The largest absolute Gasteiger partial charge is 0.494 e. The zero-order chi connectivity index (χ0) is 18.6. The van der Waals surface area contributed by atoms with Crippen LogP contribution in [0.2, 0.25) is 5.02 Å². The lowest BCUT2D eigenvalue weighted by Gasteiger charge is -2.14. The lowest BCUT2D eigenvalue weighted by molar-refractivity contribution is -0.143. The van der Waals surface area contributed by atoms with E-state index in [1.807, 2.05) is 0 Å². The summed E-state index contributed by atoms with van der Waals surface area (Å²) in [5.41, 5.74) is -3.22. The third kappa shape index (κ3) is 3.26. The van der Waals surface area contributed by atoms with Gasteiger partial charge in [0.2, 0.25) is 0 Å². The number of halogens is 7. The number of rotatable bonds is 1. The number of benzene rings is 2. The molecule has 2 aromatic carbocycles. The number of fused-ring (bicyclic) bond motifs is 1. The molecular weight excluding hydrogens is 372 g/mol. The number of aromatic amines is 1. The second-order valence-electron chi connectivity index (χ2n) is 5.33. The van der Waals surface area contributed by atoms with Crippen molar-refractivity contribution < 1.29 is 31.4 Å². The maximum absolute atomic E-state index is 13.0. The van der Waals surface area contributed by atoms with Crippen LogP contribution in [0.4, 0.5) is 26.3 Å². The van der Waals surface area contributed by atoms with E-state index in [2.05, 4.69) is 4.98 Å². The number of alkyl halides is 6.